The van der Waals surface area contributed by atoms with Gasteiger partial charge in [-0.2, -0.15) is 0 Å². The van der Waals surface area contributed by atoms with Crippen LogP contribution in [-0.2, 0) is 11.2 Å². The number of anilines is 1. The van der Waals surface area contributed by atoms with E-state index in [0.29, 0.717) is 22.3 Å². The molecule has 3 N–H and O–H groups in total. The summed E-state index contributed by atoms with van der Waals surface area (Å²) in [7, 11) is 1.52. The van der Waals surface area contributed by atoms with Crippen LogP contribution in [0.25, 0.3) is 10.9 Å². The Labute approximate surface area is 97.1 Å². The first-order valence-corrected chi connectivity index (χ1v) is 4.92. The van der Waals surface area contributed by atoms with Crippen molar-refractivity contribution in [3.05, 3.63) is 23.9 Å². The molecule has 6 nitrogen and oxygen atoms in total. The predicted octanol–water partition coefficient (Wildman–Crippen LogP) is 0.848. The second-order valence-corrected chi connectivity index (χ2v) is 3.46. The van der Waals surface area contributed by atoms with Gasteiger partial charge in [0, 0.05) is 5.39 Å². The molecule has 0 aliphatic carbocycles. The van der Waals surface area contributed by atoms with Gasteiger partial charge in [0.1, 0.15) is 11.3 Å². The van der Waals surface area contributed by atoms with Crippen molar-refractivity contribution in [3.8, 4) is 5.75 Å². The Balaban J connectivity index is 2.71. The number of para-hydroxylation sites is 1. The lowest BCUT2D eigenvalue weighted by Crippen LogP contribution is -2.07. The minimum Gasteiger partial charge on any atom is -0.494 e. The molecule has 1 aromatic carbocycles. The average molecular weight is 233 g/mol. The van der Waals surface area contributed by atoms with Crippen molar-refractivity contribution < 1.29 is 14.6 Å². The molecule has 1 aromatic heterocycles. The van der Waals surface area contributed by atoms with Crippen LogP contribution in [0.4, 0.5) is 5.95 Å². The third-order valence-electron chi connectivity index (χ3n) is 2.32. The van der Waals surface area contributed by atoms with Crippen molar-refractivity contribution in [2.75, 3.05) is 12.8 Å². The number of aromatic nitrogens is 2. The molecule has 0 aliphatic heterocycles. The second-order valence-electron chi connectivity index (χ2n) is 3.46. The van der Waals surface area contributed by atoms with Crippen molar-refractivity contribution >= 4 is 22.8 Å². The molecular weight excluding hydrogens is 222 g/mol. The van der Waals surface area contributed by atoms with E-state index in [1.807, 2.05) is 0 Å². The van der Waals surface area contributed by atoms with Crippen molar-refractivity contribution in [2.45, 2.75) is 6.42 Å². The molecule has 0 bridgehead atoms. The molecule has 0 fully saturated rings. The van der Waals surface area contributed by atoms with Crippen LogP contribution < -0.4 is 10.5 Å². The molecule has 0 unspecified atom stereocenters. The van der Waals surface area contributed by atoms with Gasteiger partial charge >= 0.3 is 5.97 Å². The number of aliphatic carboxylic acids is 1. The van der Waals surface area contributed by atoms with Crippen LogP contribution in [-0.4, -0.2) is 28.2 Å². The van der Waals surface area contributed by atoms with E-state index in [9.17, 15) is 4.79 Å². The topological polar surface area (TPSA) is 98.3 Å². The summed E-state index contributed by atoms with van der Waals surface area (Å²) in [5.41, 5.74) is 6.47. The summed E-state index contributed by atoms with van der Waals surface area (Å²) < 4.78 is 5.15. The van der Waals surface area contributed by atoms with Crippen LogP contribution in [0.15, 0.2) is 18.2 Å². The van der Waals surface area contributed by atoms with Crippen LogP contribution >= 0.6 is 0 Å². The molecule has 0 spiro atoms. The highest BCUT2D eigenvalue weighted by atomic mass is 16.5. The summed E-state index contributed by atoms with van der Waals surface area (Å²) in [5, 5.41) is 9.45. The van der Waals surface area contributed by atoms with E-state index in [1.54, 1.807) is 18.2 Å². The van der Waals surface area contributed by atoms with Gasteiger partial charge in [0.15, 0.2) is 0 Å². The number of benzene rings is 1. The fraction of sp³-hybridized carbons (Fsp3) is 0.182. The standard InChI is InChI=1S/C11H11N3O3/c1-17-8-4-2-3-6-7(5-9(15)16)13-11(12)14-10(6)8/h2-4H,5H2,1H3,(H,15,16)(H2,12,13,14). The van der Waals surface area contributed by atoms with Gasteiger partial charge in [0.2, 0.25) is 5.95 Å². The normalized spacial score (nSPS) is 10.4. The number of rotatable bonds is 3. The number of fused-ring (bicyclic) bond motifs is 1. The van der Waals surface area contributed by atoms with Crippen molar-refractivity contribution in [3.63, 3.8) is 0 Å². The Hall–Kier alpha value is -2.37. The largest absolute Gasteiger partial charge is 0.494 e. The van der Waals surface area contributed by atoms with E-state index in [-0.39, 0.29) is 12.4 Å². The number of hydrogen-bond acceptors (Lipinski definition) is 5. The van der Waals surface area contributed by atoms with Crippen molar-refractivity contribution in [2.24, 2.45) is 0 Å². The molecule has 2 rings (SSSR count). The van der Waals surface area contributed by atoms with Gasteiger partial charge in [-0.1, -0.05) is 12.1 Å². The molecule has 0 aliphatic rings. The number of carboxylic acid groups (broad SMARTS) is 1. The molecule has 0 radical (unpaired) electrons. The highest BCUT2D eigenvalue weighted by molar-refractivity contribution is 5.89. The summed E-state index contributed by atoms with van der Waals surface area (Å²) in [6.45, 7) is 0. The summed E-state index contributed by atoms with van der Waals surface area (Å²) in [6.07, 6.45) is -0.198. The van der Waals surface area contributed by atoms with E-state index in [4.69, 9.17) is 15.6 Å². The van der Waals surface area contributed by atoms with Gasteiger partial charge in [0.25, 0.3) is 0 Å². The van der Waals surface area contributed by atoms with Gasteiger partial charge < -0.3 is 15.6 Å². The first kappa shape index (κ1) is 11.1. The Morgan fingerprint density at radius 1 is 1.47 bits per heavy atom. The number of carbonyl (C=O) groups is 1. The summed E-state index contributed by atoms with van der Waals surface area (Å²) >= 11 is 0. The Kier molecular flexibility index (Phi) is 2.78. The molecule has 0 saturated heterocycles. The number of methoxy groups -OCH3 is 1. The first-order valence-electron chi connectivity index (χ1n) is 4.92. The van der Waals surface area contributed by atoms with Crippen molar-refractivity contribution in [1.29, 1.82) is 0 Å². The minimum absolute atomic E-state index is 0.0400. The van der Waals surface area contributed by atoms with Gasteiger partial charge in [-0.05, 0) is 6.07 Å². The van der Waals surface area contributed by atoms with Gasteiger partial charge in [0.05, 0.1) is 19.2 Å². The third kappa shape index (κ3) is 2.10. The summed E-state index contributed by atoms with van der Waals surface area (Å²) in [5.74, 6) is -0.381. The van der Waals surface area contributed by atoms with E-state index < -0.39 is 5.97 Å². The Morgan fingerprint density at radius 3 is 2.88 bits per heavy atom. The maximum Gasteiger partial charge on any atom is 0.309 e. The highest BCUT2D eigenvalue weighted by Gasteiger charge is 2.12. The van der Waals surface area contributed by atoms with Crippen LogP contribution in [0.5, 0.6) is 5.75 Å². The number of hydrogen-bond donors (Lipinski definition) is 2. The van der Waals surface area contributed by atoms with Crippen LogP contribution in [0.3, 0.4) is 0 Å². The second kappa shape index (κ2) is 4.25. The smallest absolute Gasteiger partial charge is 0.309 e. The van der Waals surface area contributed by atoms with Gasteiger partial charge in [-0.15, -0.1) is 0 Å². The fourth-order valence-electron chi connectivity index (χ4n) is 1.65. The lowest BCUT2D eigenvalue weighted by molar-refractivity contribution is -0.136. The monoisotopic (exact) mass is 233 g/mol. The predicted molar refractivity (Wildman–Crippen MR) is 61.8 cm³/mol. The van der Waals surface area contributed by atoms with E-state index in [1.165, 1.54) is 7.11 Å². The maximum absolute atomic E-state index is 10.7. The molecule has 88 valence electrons. The van der Waals surface area contributed by atoms with Crippen molar-refractivity contribution in [1.82, 2.24) is 9.97 Å². The maximum atomic E-state index is 10.7. The molecule has 0 saturated carbocycles. The van der Waals surface area contributed by atoms with Crippen LogP contribution in [0.2, 0.25) is 0 Å². The number of ether oxygens (including phenoxy) is 1. The highest BCUT2D eigenvalue weighted by Crippen LogP contribution is 2.26. The minimum atomic E-state index is -0.966. The average Bonchev–Trinajstić information content (AvgIpc) is 2.27. The molecule has 1 heterocycles. The molecule has 0 amide bonds. The number of nitrogen functional groups attached to an aromatic ring is 1. The molecule has 2 aromatic rings. The van der Waals surface area contributed by atoms with Crippen LogP contribution in [0, 0.1) is 0 Å². The quantitative estimate of drug-likeness (QED) is 0.815. The Bertz CT molecular complexity index is 583. The number of carboxylic acids is 1. The third-order valence-corrected chi connectivity index (χ3v) is 2.32. The van der Waals surface area contributed by atoms with E-state index >= 15 is 0 Å². The zero-order chi connectivity index (χ0) is 12.4. The van der Waals surface area contributed by atoms with Gasteiger partial charge in [-0.3, -0.25) is 4.79 Å². The first-order chi connectivity index (χ1) is 8.11. The van der Waals surface area contributed by atoms with E-state index in [0.717, 1.165) is 0 Å². The zero-order valence-corrected chi connectivity index (χ0v) is 9.17. The lowest BCUT2D eigenvalue weighted by atomic mass is 10.1. The van der Waals surface area contributed by atoms with Gasteiger partial charge in [-0.25, -0.2) is 9.97 Å². The SMILES string of the molecule is COc1cccc2c(CC(=O)O)nc(N)nc12. The molecule has 6 heteroatoms. The lowest BCUT2D eigenvalue weighted by Gasteiger charge is -2.08. The number of nitrogens with zero attached hydrogens (tertiary/aromatic N) is 2. The summed E-state index contributed by atoms with van der Waals surface area (Å²) in [6, 6.07) is 5.24. The molecule has 0 atom stereocenters. The molecule has 17 heavy (non-hydrogen) atoms. The number of nitrogens with two attached hydrogens (primary N) is 1. The summed E-state index contributed by atoms with van der Waals surface area (Å²) in [4.78, 5) is 18.8. The van der Waals surface area contributed by atoms with Crippen LogP contribution in [0.1, 0.15) is 5.69 Å². The Morgan fingerprint density at radius 2 is 2.24 bits per heavy atom. The van der Waals surface area contributed by atoms with E-state index in [2.05, 4.69) is 9.97 Å². The fourth-order valence-corrected chi connectivity index (χ4v) is 1.65. The molecular formula is C11H11N3O3. The zero-order valence-electron chi connectivity index (χ0n) is 9.17.